The molecule has 0 aliphatic heterocycles. The lowest BCUT2D eigenvalue weighted by Gasteiger charge is -2.08. The number of aromatic nitrogens is 1. The molecule has 2 aromatic heterocycles. The first-order valence-electron chi connectivity index (χ1n) is 9.57. The molecule has 0 bridgehead atoms. The van der Waals surface area contributed by atoms with E-state index in [1.165, 1.54) is 20.2 Å². The molecule has 6 rings (SSSR count). The highest BCUT2D eigenvalue weighted by atomic mass is 32.1. The Kier molecular flexibility index (Phi) is 3.47. The number of thiophene rings is 1. The van der Waals surface area contributed by atoms with E-state index in [9.17, 15) is 10.5 Å². The van der Waals surface area contributed by atoms with Crippen LogP contribution in [0.2, 0.25) is 0 Å². The van der Waals surface area contributed by atoms with E-state index in [0.29, 0.717) is 11.1 Å². The third kappa shape index (κ3) is 2.29. The number of fused-ring (bicyclic) bond motifs is 6. The van der Waals surface area contributed by atoms with Crippen LogP contribution in [0.3, 0.4) is 0 Å². The van der Waals surface area contributed by atoms with E-state index in [-0.39, 0.29) is 0 Å². The van der Waals surface area contributed by atoms with Crippen LogP contribution in [0.5, 0.6) is 0 Å². The summed E-state index contributed by atoms with van der Waals surface area (Å²) in [6, 6.07) is 31.0. The highest BCUT2D eigenvalue weighted by Crippen LogP contribution is 2.38. The molecule has 0 atom stereocenters. The average molecular weight is 399 g/mol. The van der Waals surface area contributed by atoms with E-state index < -0.39 is 0 Å². The Morgan fingerprint density at radius 2 is 1.23 bits per heavy atom. The molecule has 0 radical (unpaired) electrons. The van der Waals surface area contributed by atoms with Crippen LogP contribution in [0.15, 0.2) is 78.9 Å². The fourth-order valence-corrected chi connectivity index (χ4v) is 5.38. The van der Waals surface area contributed by atoms with Crippen LogP contribution < -0.4 is 0 Å². The lowest BCUT2D eigenvalue weighted by molar-refractivity contribution is 1.19. The van der Waals surface area contributed by atoms with Gasteiger partial charge in [0.25, 0.3) is 0 Å². The van der Waals surface area contributed by atoms with Gasteiger partial charge < -0.3 is 4.57 Å². The zero-order valence-corrected chi connectivity index (χ0v) is 16.6. The van der Waals surface area contributed by atoms with Crippen molar-refractivity contribution >= 4 is 53.3 Å². The fraction of sp³-hybridized carbons (Fsp3) is 0. The molecule has 0 fully saturated rings. The summed E-state index contributed by atoms with van der Waals surface area (Å²) in [5.41, 5.74) is 4.35. The van der Waals surface area contributed by atoms with Crippen LogP contribution in [-0.2, 0) is 0 Å². The van der Waals surface area contributed by atoms with Crippen LogP contribution in [0, 0.1) is 22.7 Å². The second kappa shape index (κ2) is 6.19. The van der Waals surface area contributed by atoms with Gasteiger partial charge in [0, 0.05) is 36.6 Å². The summed E-state index contributed by atoms with van der Waals surface area (Å²) in [5, 5.41) is 23.2. The van der Waals surface area contributed by atoms with E-state index >= 15 is 0 Å². The molecule has 2 heterocycles. The molecule has 0 saturated carbocycles. The lowest BCUT2D eigenvalue weighted by atomic mass is 10.1. The SMILES string of the molecule is N#Cc1ccc2c(c1)c1cc(C#N)ccc1n2-c1ccc2sc3ccccc3c2c1. The molecule has 4 aromatic carbocycles. The second-order valence-electron chi connectivity index (χ2n) is 7.30. The minimum atomic E-state index is 0.614. The van der Waals surface area contributed by atoms with Gasteiger partial charge in [-0.3, -0.25) is 0 Å². The van der Waals surface area contributed by atoms with Crippen molar-refractivity contribution in [3.63, 3.8) is 0 Å². The molecular weight excluding hydrogens is 386 g/mol. The van der Waals surface area contributed by atoms with E-state index in [1.807, 2.05) is 36.4 Å². The Morgan fingerprint density at radius 3 is 1.90 bits per heavy atom. The van der Waals surface area contributed by atoms with Crippen LogP contribution in [-0.4, -0.2) is 4.57 Å². The summed E-state index contributed by atoms with van der Waals surface area (Å²) in [4.78, 5) is 0. The van der Waals surface area contributed by atoms with Gasteiger partial charge in [-0.05, 0) is 60.7 Å². The molecule has 0 saturated heterocycles. The first-order valence-corrected chi connectivity index (χ1v) is 10.4. The topological polar surface area (TPSA) is 52.5 Å². The zero-order valence-electron chi connectivity index (χ0n) is 15.8. The van der Waals surface area contributed by atoms with Crippen molar-refractivity contribution in [3.8, 4) is 17.8 Å². The summed E-state index contributed by atoms with van der Waals surface area (Å²) in [5.74, 6) is 0. The van der Waals surface area contributed by atoms with E-state index in [0.717, 1.165) is 27.5 Å². The Morgan fingerprint density at radius 1 is 0.600 bits per heavy atom. The number of hydrogen-bond acceptors (Lipinski definition) is 3. The maximum Gasteiger partial charge on any atom is 0.0991 e. The summed E-state index contributed by atoms with van der Waals surface area (Å²) in [6.07, 6.45) is 0. The predicted molar refractivity (Wildman–Crippen MR) is 123 cm³/mol. The Balaban J connectivity index is 1.74. The maximum absolute atomic E-state index is 9.38. The van der Waals surface area contributed by atoms with Gasteiger partial charge in [-0.1, -0.05) is 18.2 Å². The van der Waals surface area contributed by atoms with Crippen LogP contribution in [0.25, 0.3) is 47.7 Å². The van der Waals surface area contributed by atoms with Crippen molar-refractivity contribution in [2.45, 2.75) is 0 Å². The summed E-state index contributed by atoms with van der Waals surface area (Å²) >= 11 is 1.80. The molecule has 4 heteroatoms. The van der Waals surface area contributed by atoms with Crippen molar-refractivity contribution in [2.75, 3.05) is 0 Å². The predicted octanol–water partition coefficient (Wildman–Crippen LogP) is 6.89. The van der Waals surface area contributed by atoms with Gasteiger partial charge in [-0.2, -0.15) is 10.5 Å². The quantitative estimate of drug-likeness (QED) is 0.302. The number of nitriles is 2. The Bertz CT molecular complexity index is 1650. The molecule has 0 aliphatic rings. The first-order chi connectivity index (χ1) is 14.8. The molecule has 0 aliphatic carbocycles. The Hall–Kier alpha value is -4.12. The van der Waals surface area contributed by atoms with E-state index in [4.69, 9.17) is 0 Å². The first kappa shape index (κ1) is 16.8. The van der Waals surface area contributed by atoms with Crippen LogP contribution in [0.4, 0.5) is 0 Å². The highest BCUT2D eigenvalue weighted by Gasteiger charge is 2.15. The standard InChI is InChI=1S/C26H13N3S/c27-14-16-5-8-23-20(11-16)21-12-17(15-28)6-9-24(21)29(23)18-7-10-26-22(13-18)19-3-1-2-4-25(19)30-26/h1-13H. The molecule has 6 aromatic rings. The molecule has 138 valence electrons. The van der Waals surface area contributed by atoms with Crippen LogP contribution >= 0.6 is 11.3 Å². The minimum Gasteiger partial charge on any atom is -0.309 e. The van der Waals surface area contributed by atoms with Crippen molar-refractivity contribution in [1.82, 2.24) is 4.57 Å². The minimum absolute atomic E-state index is 0.614. The van der Waals surface area contributed by atoms with Crippen LogP contribution in [0.1, 0.15) is 11.1 Å². The number of hydrogen-bond donors (Lipinski definition) is 0. The van der Waals surface area contributed by atoms with Crippen molar-refractivity contribution < 1.29 is 0 Å². The van der Waals surface area contributed by atoms with E-state index in [1.54, 1.807) is 11.3 Å². The van der Waals surface area contributed by atoms with Gasteiger partial charge in [-0.15, -0.1) is 11.3 Å². The lowest BCUT2D eigenvalue weighted by Crippen LogP contribution is -1.93. The monoisotopic (exact) mass is 399 g/mol. The molecule has 0 spiro atoms. The van der Waals surface area contributed by atoms with Crippen molar-refractivity contribution in [1.29, 1.82) is 10.5 Å². The third-order valence-corrected chi connectivity index (χ3v) is 6.79. The maximum atomic E-state index is 9.38. The van der Waals surface area contributed by atoms with Gasteiger partial charge >= 0.3 is 0 Å². The van der Waals surface area contributed by atoms with E-state index in [2.05, 4.69) is 59.2 Å². The van der Waals surface area contributed by atoms with Gasteiger partial charge in [-0.25, -0.2) is 0 Å². The molecular formula is C26H13N3S. The van der Waals surface area contributed by atoms with Crippen molar-refractivity contribution in [3.05, 3.63) is 90.0 Å². The average Bonchev–Trinajstić information content (AvgIpc) is 3.33. The smallest absolute Gasteiger partial charge is 0.0991 e. The van der Waals surface area contributed by atoms with Gasteiger partial charge in [0.1, 0.15) is 0 Å². The number of nitrogens with zero attached hydrogens (tertiary/aromatic N) is 3. The molecule has 3 nitrogen and oxygen atoms in total. The zero-order chi connectivity index (χ0) is 20.2. The summed E-state index contributed by atoms with van der Waals surface area (Å²) < 4.78 is 4.77. The number of benzene rings is 4. The molecule has 30 heavy (non-hydrogen) atoms. The Labute approximate surface area is 176 Å². The normalized spacial score (nSPS) is 11.3. The highest BCUT2D eigenvalue weighted by molar-refractivity contribution is 7.25. The van der Waals surface area contributed by atoms with Gasteiger partial charge in [0.05, 0.1) is 34.3 Å². The van der Waals surface area contributed by atoms with Crippen molar-refractivity contribution in [2.24, 2.45) is 0 Å². The molecule has 0 unspecified atom stereocenters. The third-order valence-electron chi connectivity index (χ3n) is 5.64. The summed E-state index contributed by atoms with van der Waals surface area (Å²) in [6.45, 7) is 0. The fourth-order valence-electron chi connectivity index (χ4n) is 4.29. The summed E-state index contributed by atoms with van der Waals surface area (Å²) in [7, 11) is 0. The van der Waals surface area contributed by atoms with Gasteiger partial charge in [0.15, 0.2) is 0 Å². The van der Waals surface area contributed by atoms with Gasteiger partial charge in [0.2, 0.25) is 0 Å². The molecule has 0 N–H and O–H groups in total. The number of rotatable bonds is 1. The molecule has 0 amide bonds. The second-order valence-corrected chi connectivity index (χ2v) is 8.39. The largest absolute Gasteiger partial charge is 0.309 e.